The van der Waals surface area contributed by atoms with Crippen LogP contribution < -0.4 is 15.1 Å². The monoisotopic (exact) mass is 821 g/mol. The van der Waals surface area contributed by atoms with Gasteiger partial charge in [0.25, 0.3) is 17.5 Å². The van der Waals surface area contributed by atoms with E-state index in [0.717, 1.165) is 11.0 Å². The highest BCUT2D eigenvalue weighted by Crippen LogP contribution is 2.65. The summed E-state index contributed by atoms with van der Waals surface area (Å²) < 4.78 is 46.2. The molecule has 0 bridgehead atoms. The van der Waals surface area contributed by atoms with Crippen molar-refractivity contribution in [1.29, 1.82) is 0 Å². The fraction of sp³-hybridized carbons (Fsp3) is 0.256. The number of carbonyl (C=O) groups is 4. The number of imide groups is 2. The van der Waals surface area contributed by atoms with Crippen molar-refractivity contribution in [1.82, 2.24) is 9.99 Å². The van der Waals surface area contributed by atoms with Gasteiger partial charge in [-0.3, -0.25) is 34.7 Å². The number of carbonyl (C=O) groups excluding carboxylic acids is 4. The van der Waals surface area contributed by atoms with Crippen molar-refractivity contribution < 1.29 is 47.1 Å². The van der Waals surface area contributed by atoms with E-state index in [0.29, 0.717) is 39.0 Å². The van der Waals surface area contributed by atoms with Gasteiger partial charge in [0.15, 0.2) is 5.82 Å². The average Bonchev–Trinajstić information content (AvgIpc) is 3.56. The van der Waals surface area contributed by atoms with Crippen LogP contribution >= 0.6 is 23.2 Å². The van der Waals surface area contributed by atoms with Gasteiger partial charge >= 0.3 is 6.18 Å². The van der Waals surface area contributed by atoms with Gasteiger partial charge in [-0.2, -0.15) is 18.2 Å². The van der Waals surface area contributed by atoms with E-state index in [2.05, 4.69) is 10.4 Å². The van der Waals surface area contributed by atoms with Gasteiger partial charge in [-0.1, -0.05) is 59.1 Å². The summed E-state index contributed by atoms with van der Waals surface area (Å²) in [6.45, 7) is 0. The molecule has 0 radical (unpaired) electrons. The van der Waals surface area contributed by atoms with Crippen LogP contribution in [-0.2, 0) is 30.8 Å². The van der Waals surface area contributed by atoms with E-state index in [1.54, 1.807) is 18.2 Å². The van der Waals surface area contributed by atoms with Crippen LogP contribution in [0.25, 0.3) is 0 Å². The molecule has 1 aromatic heterocycles. The number of pyridine rings is 1. The van der Waals surface area contributed by atoms with Gasteiger partial charge in [-0.25, -0.2) is 9.88 Å². The number of nitrogens with zero attached hydrogens (tertiary/aromatic N) is 4. The first kappa shape index (κ1) is 37.9. The summed E-state index contributed by atoms with van der Waals surface area (Å²) in [5.74, 6) is -8.65. The molecule has 0 spiro atoms. The number of nitro groups is 1. The first-order chi connectivity index (χ1) is 27.1. The lowest BCUT2D eigenvalue weighted by Crippen LogP contribution is -2.53. The highest BCUT2D eigenvalue weighted by molar-refractivity contribution is 6.33. The van der Waals surface area contributed by atoms with Gasteiger partial charge in [0.2, 0.25) is 11.8 Å². The second kappa shape index (κ2) is 13.6. The van der Waals surface area contributed by atoms with E-state index in [1.165, 1.54) is 55.6 Å². The number of anilines is 2. The molecule has 8 rings (SSSR count). The van der Waals surface area contributed by atoms with E-state index in [1.807, 2.05) is 0 Å². The zero-order valence-electron chi connectivity index (χ0n) is 29.4. The summed E-state index contributed by atoms with van der Waals surface area (Å²) in [5, 5.41) is 22.5. The number of methoxy groups -OCH3 is 1. The maximum absolute atomic E-state index is 15.3. The number of amides is 4. The zero-order valence-corrected chi connectivity index (χ0v) is 30.9. The molecule has 4 aromatic rings. The number of alkyl halides is 3. The minimum Gasteiger partial charge on any atom is -0.508 e. The fourth-order valence-corrected chi connectivity index (χ4v) is 9.40. The highest BCUT2D eigenvalue weighted by Gasteiger charge is 2.71. The number of allylic oxidation sites excluding steroid dienone is 2. The molecule has 292 valence electrons. The number of phenols is 1. The summed E-state index contributed by atoms with van der Waals surface area (Å²) >= 11 is 12.6. The van der Waals surface area contributed by atoms with E-state index < -0.39 is 86.1 Å². The molecule has 3 heterocycles. The highest BCUT2D eigenvalue weighted by atomic mass is 35.5. The lowest BCUT2D eigenvalue weighted by Gasteiger charge is -2.50. The first-order valence-corrected chi connectivity index (χ1v) is 18.2. The minimum absolute atomic E-state index is 0.00152. The smallest absolute Gasteiger partial charge is 0.417 e. The molecule has 57 heavy (non-hydrogen) atoms. The van der Waals surface area contributed by atoms with Crippen LogP contribution in [0.1, 0.15) is 35.4 Å². The molecule has 1 saturated carbocycles. The molecule has 6 unspecified atom stereocenters. The third-order valence-electron chi connectivity index (χ3n) is 11.4. The molecule has 4 aliphatic rings. The van der Waals surface area contributed by atoms with Gasteiger partial charge in [0.05, 0.1) is 51.5 Å². The SMILES string of the molecule is COc1cc(O)ccc1C1C2=CCC3C(=O)N(c4cccc([N+](=O)[O-])c4)C(=O)C3C2CC2C(=O)N(Nc3ncc(C(F)(F)F)cc3Cl)C(=O)C21c1ccc(Cl)cc1. The Balaban J connectivity index is 1.32. The van der Waals surface area contributed by atoms with Gasteiger partial charge in [-0.15, -0.1) is 0 Å². The number of hydrazine groups is 1. The molecular weight excluding hydrogens is 794 g/mol. The normalized spacial score (nSPS) is 25.5. The Morgan fingerprint density at radius 1 is 0.982 bits per heavy atom. The number of aromatic hydroxyl groups is 1. The average molecular weight is 823 g/mol. The largest absolute Gasteiger partial charge is 0.508 e. The molecule has 2 aliphatic heterocycles. The fourth-order valence-electron chi connectivity index (χ4n) is 9.07. The standard InChI is InChI=1S/C39H28Cl2F3N5O8/c1-57-30-15-23(50)9-10-25(30)32-24-11-12-26-31(36(53)47(34(26)51)21-3-2-4-22(14-21)49(55)56)27(24)16-28-35(52)48(37(54)38(28,32)18-5-7-20(40)8-6-18)46-33-29(41)13-19(17-45-33)39(42,43)44/h2-11,13-15,17,26-28,31-32,50H,12,16H2,1H3,(H,45,46). The van der Waals surface area contributed by atoms with Crippen LogP contribution in [0.4, 0.5) is 30.4 Å². The summed E-state index contributed by atoms with van der Waals surface area (Å²) in [6.07, 6.45) is -2.66. The number of benzene rings is 3. The third kappa shape index (κ3) is 5.79. The van der Waals surface area contributed by atoms with Crippen molar-refractivity contribution in [3.63, 3.8) is 0 Å². The van der Waals surface area contributed by atoms with Crippen molar-refractivity contribution in [2.24, 2.45) is 23.7 Å². The number of non-ortho nitro benzene ring substituents is 1. The topological polar surface area (TPSA) is 172 Å². The predicted molar refractivity (Wildman–Crippen MR) is 197 cm³/mol. The molecule has 2 N–H and O–H groups in total. The molecule has 3 fully saturated rings. The van der Waals surface area contributed by atoms with Gasteiger partial charge in [-0.05, 0) is 54.7 Å². The number of nitrogens with one attached hydrogen (secondary N) is 1. The van der Waals surface area contributed by atoms with Gasteiger partial charge in [0.1, 0.15) is 11.5 Å². The number of aromatic nitrogens is 1. The van der Waals surface area contributed by atoms with Crippen molar-refractivity contribution in [2.75, 3.05) is 17.4 Å². The van der Waals surface area contributed by atoms with E-state index >= 15 is 4.79 Å². The Hall–Kier alpha value is -6.00. The molecule has 2 aliphatic carbocycles. The second-order valence-electron chi connectivity index (χ2n) is 14.1. The van der Waals surface area contributed by atoms with Gasteiger partial charge < -0.3 is 9.84 Å². The molecular formula is C39H28Cl2F3N5O8. The molecule has 13 nitrogen and oxygen atoms in total. The van der Waals surface area contributed by atoms with Crippen molar-refractivity contribution in [2.45, 2.75) is 30.4 Å². The lowest BCUT2D eigenvalue weighted by molar-refractivity contribution is -0.384. The minimum atomic E-state index is -4.79. The van der Waals surface area contributed by atoms with E-state index in [4.69, 9.17) is 27.9 Å². The van der Waals surface area contributed by atoms with E-state index in [-0.39, 0.29) is 35.7 Å². The van der Waals surface area contributed by atoms with Gasteiger partial charge in [0, 0.05) is 40.9 Å². The number of fused-ring (bicyclic) bond motifs is 4. The summed E-state index contributed by atoms with van der Waals surface area (Å²) in [6, 6.07) is 16.2. The number of hydrogen-bond donors (Lipinski definition) is 2. The third-order valence-corrected chi connectivity index (χ3v) is 11.9. The van der Waals surface area contributed by atoms with Crippen molar-refractivity contribution in [3.05, 3.63) is 127 Å². The van der Waals surface area contributed by atoms with Crippen LogP contribution in [0.15, 0.2) is 90.6 Å². The van der Waals surface area contributed by atoms with Crippen LogP contribution in [0.3, 0.4) is 0 Å². The number of rotatable bonds is 7. The maximum Gasteiger partial charge on any atom is 0.417 e. The molecule has 4 amide bonds. The Kier molecular flexibility index (Phi) is 9.03. The quantitative estimate of drug-likeness (QED) is 0.0839. The molecule has 6 atom stereocenters. The number of ether oxygens (including phenoxy) is 1. The van der Waals surface area contributed by atoms with Crippen molar-refractivity contribution >= 4 is 64.0 Å². The van der Waals surface area contributed by atoms with Crippen LogP contribution in [0.2, 0.25) is 10.0 Å². The first-order valence-electron chi connectivity index (χ1n) is 17.4. The number of hydrogen-bond acceptors (Lipinski definition) is 10. The van der Waals surface area contributed by atoms with Crippen molar-refractivity contribution in [3.8, 4) is 11.5 Å². The summed E-state index contributed by atoms with van der Waals surface area (Å²) in [4.78, 5) is 74.5. The Bertz CT molecular complexity index is 2450. The van der Waals surface area contributed by atoms with Crippen LogP contribution in [0, 0.1) is 33.8 Å². The van der Waals surface area contributed by atoms with Crippen LogP contribution in [-0.4, -0.2) is 50.8 Å². The number of nitro benzene ring substituents is 1. The Morgan fingerprint density at radius 3 is 2.39 bits per heavy atom. The lowest BCUT2D eigenvalue weighted by atomic mass is 9.49. The molecule has 2 saturated heterocycles. The predicted octanol–water partition coefficient (Wildman–Crippen LogP) is 7.22. The summed E-state index contributed by atoms with van der Waals surface area (Å²) in [5.41, 5.74) is 0.395. The molecule has 3 aromatic carbocycles. The Labute approximate surface area is 330 Å². The van der Waals surface area contributed by atoms with E-state index in [9.17, 15) is 42.8 Å². The number of halogens is 5. The Morgan fingerprint density at radius 2 is 1.72 bits per heavy atom. The summed E-state index contributed by atoms with van der Waals surface area (Å²) in [7, 11) is 1.35. The zero-order chi connectivity index (χ0) is 40.7. The second-order valence-corrected chi connectivity index (χ2v) is 15.0. The molecule has 18 heteroatoms. The number of phenolic OH excluding ortho intramolecular Hbond substituents is 1. The maximum atomic E-state index is 15.3. The van der Waals surface area contributed by atoms with Crippen LogP contribution in [0.5, 0.6) is 11.5 Å².